The Labute approximate surface area is 64.0 Å². The first-order valence-electron chi connectivity index (χ1n) is 3.40. The summed E-state index contributed by atoms with van der Waals surface area (Å²) in [4.78, 5) is 10.7. The molecule has 0 saturated heterocycles. The van der Waals surface area contributed by atoms with Crippen LogP contribution in [-0.4, -0.2) is 6.09 Å². The van der Waals surface area contributed by atoms with Gasteiger partial charge in [-0.25, -0.2) is 4.79 Å². The second-order valence-electron chi connectivity index (χ2n) is 2.35. The van der Waals surface area contributed by atoms with Gasteiger partial charge in [-0.05, 0) is 6.07 Å². The van der Waals surface area contributed by atoms with Crippen LogP contribution in [0.1, 0.15) is 5.56 Å². The summed E-state index contributed by atoms with van der Waals surface area (Å²) in [6.45, 7) is 0.564. The van der Waals surface area contributed by atoms with Crippen LogP contribution in [0.15, 0.2) is 24.3 Å². The summed E-state index contributed by atoms with van der Waals surface area (Å²) in [7, 11) is 0. The molecule has 56 valence electrons. The van der Waals surface area contributed by atoms with Crippen LogP contribution in [0.2, 0.25) is 0 Å². The number of hydrogen-bond acceptors (Lipinski definition) is 2. The number of carbonyl (C=O) groups is 1. The van der Waals surface area contributed by atoms with E-state index < -0.39 is 0 Å². The minimum atomic E-state index is -0.372. The molecule has 0 atom stereocenters. The van der Waals surface area contributed by atoms with Crippen LogP contribution in [0.3, 0.4) is 0 Å². The monoisotopic (exact) mass is 149 g/mol. The Bertz CT molecular complexity index is 296. The zero-order valence-electron chi connectivity index (χ0n) is 5.83. The van der Waals surface area contributed by atoms with Gasteiger partial charge in [0.05, 0.1) is 0 Å². The molecule has 1 aromatic rings. The predicted molar refractivity (Wildman–Crippen MR) is 39.3 cm³/mol. The Morgan fingerprint density at radius 3 is 3.09 bits per heavy atom. The molecular formula is C8H7NO2. The zero-order valence-corrected chi connectivity index (χ0v) is 5.83. The Morgan fingerprint density at radius 1 is 1.36 bits per heavy atom. The van der Waals surface area contributed by atoms with Gasteiger partial charge in [-0.1, -0.05) is 18.2 Å². The first-order chi connectivity index (χ1) is 5.36. The lowest BCUT2D eigenvalue weighted by atomic mass is 10.2. The largest absolute Gasteiger partial charge is 0.412 e. The molecule has 0 unspecified atom stereocenters. The van der Waals surface area contributed by atoms with Crippen LogP contribution in [0.25, 0.3) is 0 Å². The van der Waals surface area contributed by atoms with E-state index in [1.54, 1.807) is 6.07 Å². The zero-order chi connectivity index (χ0) is 7.68. The molecule has 0 radical (unpaired) electrons. The van der Waals surface area contributed by atoms with Crippen molar-refractivity contribution < 1.29 is 9.53 Å². The van der Waals surface area contributed by atoms with E-state index >= 15 is 0 Å². The van der Waals surface area contributed by atoms with Crippen molar-refractivity contribution >= 4 is 6.09 Å². The quantitative estimate of drug-likeness (QED) is 0.603. The van der Waals surface area contributed by atoms with Gasteiger partial charge in [-0.15, -0.1) is 0 Å². The number of hydrogen-bond donors (Lipinski definition) is 1. The molecule has 0 fully saturated rings. The van der Waals surface area contributed by atoms with E-state index in [0.717, 1.165) is 5.56 Å². The maximum absolute atomic E-state index is 10.7. The molecule has 11 heavy (non-hydrogen) atoms. The maximum atomic E-state index is 10.7. The summed E-state index contributed by atoms with van der Waals surface area (Å²) < 4.78 is 4.88. The van der Waals surface area contributed by atoms with Gasteiger partial charge in [0, 0.05) is 12.1 Å². The van der Waals surface area contributed by atoms with E-state index in [0.29, 0.717) is 12.3 Å². The topological polar surface area (TPSA) is 38.3 Å². The molecule has 1 aliphatic rings. The summed E-state index contributed by atoms with van der Waals surface area (Å²) in [5.74, 6) is 0.663. The van der Waals surface area contributed by atoms with E-state index in [-0.39, 0.29) is 6.09 Å². The van der Waals surface area contributed by atoms with Crippen molar-refractivity contribution in [3.05, 3.63) is 29.8 Å². The van der Waals surface area contributed by atoms with E-state index in [1.807, 2.05) is 18.2 Å². The Kier molecular flexibility index (Phi) is 1.28. The third-order valence-electron chi connectivity index (χ3n) is 1.60. The number of ether oxygens (including phenoxy) is 1. The van der Waals surface area contributed by atoms with Gasteiger partial charge in [-0.3, -0.25) is 0 Å². The fourth-order valence-electron chi connectivity index (χ4n) is 1.05. The molecule has 3 nitrogen and oxygen atoms in total. The first kappa shape index (κ1) is 6.22. The highest BCUT2D eigenvalue weighted by Gasteiger charge is 2.13. The predicted octanol–water partition coefficient (Wildman–Crippen LogP) is 1.29. The Hall–Kier alpha value is -1.51. The molecule has 1 amide bonds. The van der Waals surface area contributed by atoms with Crippen molar-refractivity contribution in [2.45, 2.75) is 6.54 Å². The van der Waals surface area contributed by atoms with E-state index in [9.17, 15) is 4.79 Å². The molecule has 2 rings (SSSR count). The maximum Gasteiger partial charge on any atom is 0.412 e. The fraction of sp³-hybridized carbons (Fsp3) is 0.125. The van der Waals surface area contributed by atoms with Crippen molar-refractivity contribution in [1.82, 2.24) is 5.32 Å². The molecule has 1 aliphatic heterocycles. The minimum Gasteiger partial charge on any atom is -0.410 e. The van der Waals surface area contributed by atoms with Crippen LogP contribution in [0.5, 0.6) is 5.75 Å². The molecular weight excluding hydrogens is 142 g/mol. The van der Waals surface area contributed by atoms with Crippen molar-refractivity contribution in [3.63, 3.8) is 0 Å². The van der Waals surface area contributed by atoms with Gasteiger partial charge in [-0.2, -0.15) is 0 Å². The van der Waals surface area contributed by atoms with Crippen LogP contribution < -0.4 is 10.1 Å². The van der Waals surface area contributed by atoms with Crippen molar-refractivity contribution in [1.29, 1.82) is 0 Å². The summed E-state index contributed by atoms with van der Waals surface area (Å²) in [5, 5.41) is 2.58. The van der Waals surface area contributed by atoms with Crippen LogP contribution in [0.4, 0.5) is 4.79 Å². The Morgan fingerprint density at radius 2 is 2.18 bits per heavy atom. The smallest absolute Gasteiger partial charge is 0.410 e. The van der Waals surface area contributed by atoms with Crippen molar-refractivity contribution in [2.75, 3.05) is 0 Å². The number of benzene rings is 1. The number of carbonyl (C=O) groups excluding carboxylic acids is 1. The number of rotatable bonds is 0. The summed E-state index contributed by atoms with van der Waals surface area (Å²) in [6, 6.07) is 7.47. The number of para-hydroxylation sites is 1. The number of fused-ring (bicyclic) bond motifs is 1. The van der Waals surface area contributed by atoms with Gasteiger partial charge < -0.3 is 10.1 Å². The third kappa shape index (κ3) is 1.05. The second-order valence-corrected chi connectivity index (χ2v) is 2.35. The highest BCUT2D eigenvalue weighted by molar-refractivity contribution is 5.72. The lowest BCUT2D eigenvalue weighted by Crippen LogP contribution is -2.30. The highest BCUT2D eigenvalue weighted by Crippen LogP contribution is 2.20. The lowest BCUT2D eigenvalue weighted by Gasteiger charge is -2.15. The van der Waals surface area contributed by atoms with Gasteiger partial charge in [0.15, 0.2) is 0 Å². The van der Waals surface area contributed by atoms with E-state index in [2.05, 4.69) is 5.32 Å². The van der Waals surface area contributed by atoms with Crippen LogP contribution in [0, 0.1) is 0 Å². The molecule has 0 spiro atoms. The summed E-state index contributed by atoms with van der Waals surface area (Å²) in [6.07, 6.45) is -0.372. The van der Waals surface area contributed by atoms with Gasteiger partial charge in [0.25, 0.3) is 0 Å². The Balaban J connectivity index is 2.41. The standard InChI is InChI=1S/C8H7NO2/c10-8-9-5-6-3-1-2-4-7(6)11-8/h1-4H,5H2,(H,9,10). The van der Waals surface area contributed by atoms with E-state index in [4.69, 9.17) is 4.74 Å². The van der Waals surface area contributed by atoms with Crippen LogP contribution in [-0.2, 0) is 6.54 Å². The van der Waals surface area contributed by atoms with Crippen molar-refractivity contribution in [2.24, 2.45) is 0 Å². The third-order valence-corrected chi connectivity index (χ3v) is 1.60. The molecule has 3 heteroatoms. The molecule has 0 saturated carbocycles. The minimum absolute atomic E-state index is 0.372. The first-order valence-corrected chi connectivity index (χ1v) is 3.40. The van der Waals surface area contributed by atoms with E-state index in [1.165, 1.54) is 0 Å². The fourth-order valence-corrected chi connectivity index (χ4v) is 1.05. The summed E-state index contributed by atoms with van der Waals surface area (Å²) in [5.41, 5.74) is 1.02. The highest BCUT2D eigenvalue weighted by atomic mass is 16.6. The average Bonchev–Trinajstić information content (AvgIpc) is 2.04. The molecule has 0 bridgehead atoms. The summed E-state index contributed by atoms with van der Waals surface area (Å²) >= 11 is 0. The van der Waals surface area contributed by atoms with Gasteiger partial charge >= 0.3 is 6.09 Å². The average molecular weight is 149 g/mol. The lowest BCUT2D eigenvalue weighted by molar-refractivity contribution is 0.194. The molecule has 0 aliphatic carbocycles. The normalized spacial score (nSPS) is 14.7. The SMILES string of the molecule is O=C1NCc2ccccc2O1. The van der Waals surface area contributed by atoms with Crippen LogP contribution >= 0.6 is 0 Å². The molecule has 1 heterocycles. The number of amides is 1. The second kappa shape index (κ2) is 2.27. The molecule has 0 aromatic heterocycles. The molecule has 1 N–H and O–H groups in total. The van der Waals surface area contributed by atoms with Gasteiger partial charge in [0.2, 0.25) is 0 Å². The molecule has 1 aromatic carbocycles. The van der Waals surface area contributed by atoms with Gasteiger partial charge in [0.1, 0.15) is 5.75 Å². The number of nitrogens with one attached hydrogen (secondary N) is 1. The van der Waals surface area contributed by atoms with Crippen molar-refractivity contribution in [3.8, 4) is 5.75 Å².